The third-order valence-corrected chi connectivity index (χ3v) is 6.43. The summed E-state index contributed by atoms with van der Waals surface area (Å²) in [6, 6.07) is 10.1. The Morgan fingerprint density at radius 2 is 1.93 bits per heavy atom. The number of hydrogen-bond acceptors (Lipinski definition) is 4. The zero-order valence-electron chi connectivity index (χ0n) is 15.9. The smallest absolute Gasteiger partial charge is 0.241 e. The van der Waals surface area contributed by atoms with Gasteiger partial charge in [0.25, 0.3) is 0 Å². The maximum Gasteiger partial charge on any atom is 0.241 e. The standard InChI is InChI=1S/C21H26N4O2S/c26-19(22-11-10-15-6-2-1-3-7-15)12-25-20(17-13-28-14-18(17)24-25)23-21(27)16-8-4-5-9-16/h1-3,6-7,16H,4-5,8-14H2,(H,22,26)(H,23,27). The summed E-state index contributed by atoms with van der Waals surface area (Å²) in [4.78, 5) is 25.1. The lowest BCUT2D eigenvalue weighted by molar-refractivity contribution is -0.122. The molecule has 0 unspecified atom stereocenters. The van der Waals surface area contributed by atoms with Crippen molar-refractivity contribution in [2.75, 3.05) is 11.9 Å². The van der Waals surface area contributed by atoms with Gasteiger partial charge in [-0.15, -0.1) is 0 Å². The molecule has 1 aromatic carbocycles. The number of amides is 2. The second-order valence-electron chi connectivity index (χ2n) is 7.48. The van der Waals surface area contributed by atoms with Gasteiger partial charge < -0.3 is 10.6 Å². The van der Waals surface area contributed by atoms with E-state index in [1.807, 2.05) is 18.2 Å². The van der Waals surface area contributed by atoms with E-state index in [4.69, 9.17) is 0 Å². The molecule has 4 rings (SSSR count). The molecule has 2 aromatic rings. The fourth-order valence-corrected chi connectivity index (χ4v) is 4.94. The minimum atomic E-state index is -0.0823. The van der Waals surface area contributed by atoms with Crippen LogP contribution in [0.2, 0.25) is 0 Å². The van der Waals surface area contributed by atoms with Crippen LogP contribution in [0, 0.1) is 5.92 Å². The van der Waals surface area contributed by atoms with Crippen molar-refractivity contribution in [2.45, 2.75) is 50.2 Å². The Hall–Kier alpha value is -2.28. The average molecular weight is 399 g/mol. The Balaban J connectivity index is 1.38. The van der Waals surface area contributed by atoms with Gasteiger partial charge in [0.15, 0.2) is 0 Å². The van der Waals surface area contributed by atoms with Crippen LogP contribution in [-0.4, -0.2) is 28.1 Å². The molecule has 0 atom stereocenters. The molecular weight excluding hydrogens is 372 g/mol. The first kappa shape index (κ1) is 19.1. The quantitative estimate of drug-likeness (QED) is 0.751. The summed E-state index contributed by atoms with van der Waals surface area (Å²) in [6.45, 7) is 0.718. The largest absolute Gasteiger partial charge is 0.354 e. The van der Waals surface area contributed by atoms with Crippen molar-refractivity contribution in [1.29, 1.82) is 0 Å². The van der Waals surface area contributed by atoms with Crippen LogP contribution in [0.15, 0.2) is 30.3 Å². The average Bonchev–Trinajstić information content (AvgIpc) is 3.42. The lowest BCUT2D eigenvalue weighted by Gasteiger charge is -2.14. The van der Waals surface area contributed by atoms with E-state index in [1.165, 1.54) is 5.56 Å². The molecule has 2 amide bonds. The van der Waals surface area contributed by atoms with Gasteiger partial charge in [0.2, 0.25) is 11.8 Å². The highest BCUT2D eigenvalue weighted by Crippen LogP contribution is 2.35. The monoisotopic (exact) mass is 398 g/mol. The molecule has 28 heavy (non-hydrogen) atoms. The van der Waals surface area contributed by atoms with Crippen LogP contribution in [0.1, 0.15) is 42.5 Å². The number of nitrogens with zero attached hydrogens (tertiary/aromatic N) is 2. The molecule has 148 valence electrons. The predicted octanol–water partition coefficient (Wildman–Crippen LogP) is 3.12. The minimum Gasteiger partial charge on any atom is -0.354 e. The Kier molecular flexibility index (Phi) is 6.00. The van der Waals surface area contributed by atoms with Gasteiger partial charge in [-0.05, 0) is 24.8 Å². The van der Waals surface area contributed by atoms with E-state index in [1.54, 1.807) is 16.4 Å². The number of benzene rings is 1. The minimum absolute atomic E-state index is 0.0721. The molecule has 0 radical (unpaired) electrons. The Bertz CT molecular complexity index is 844. The van der Waals surface area contributed by atoms with E-state index >= 15 is 0 Å². The van der Waals surface area contributed by atoms with Crippen molar-refractivity contribution in [1.82, 2.24) is 15.1 Å². The van der Waals surface area contributed by atoms with Gasteiger partial charge in [-0.2, -0.15) is 16.9 Å². The summed E-state index contributed by atoms with van der Waals surface area (Å²) >= 11 is 1.79. The van der Waals surface area contributed by atoms with Gasteiger partial charge in [-0.3, -0.25) is 9.59 Å². The molecule has 0 bridgehead atoms. The number of rotatable bonds is 7. The Morgan fingerprint density at radius 1 is 1.14 bits per heavy atom. The molecule has 0 saturated heterocycles. The zero-order valence-corrected chi connectivity index (χ0v) is 16.8. The molecule has 1 saturated carbocycles. The molecule has 2 N–H and O–H groups in total. The number of aromatic nitrogens is 2. The number of fused-ring (bicyclic) bond motifs is 1. The third-order valence-electron chi connectivity index (χ3n) is 5.46. The molecular formula is C21H26N4O2S. The van der Waals surface area contributed by atoms with E-state index in [0.29, 0.717) is 6.54 Å². The van der Waals surface area contributed by atoms with Crippen LogP contribution >= 0.6 is 11.8 Å². The van der Waals surface area contributed by atoms with Crippen LogP contribution in [0.3, 0.4) is 0 Å². The predicted molar refractivity (Wildman–Crippen MR) is 111 cm³/mol. The first-order valence-electron chi connectivity index (χ1n) is 9.98. The van der Waals surface area contributed by atoms with Gasteiger partial charge in [-0.25, -0.2) is 4.68 Å². The van der Waals surface area contributed by atoms with Crippen LogP contribution in [0.25, 0.3) is 0 Å². The zero-order chi connectivity index (χ0) is 19.3. The summed E-state index contributed by atoms with van der Waals surface area (Å²) in [7, 11) is 0. The van der Waals surface area contributed by atoms with Gasteiger partial charge in [0, 0.05) is 29.5 Å². The molecule has 1 aliphatic carbocycles. The van der Waals surface area contributed by atoms with E-state index in [9.17, 15) is 9.59 Å². The molecule has 0 spiro atoms. The maximum absolute atomic E-state index is 12.6. The fourth-order valence-electron chi connectivity index (χ4n) is 3.91. The summed E-state index contributed by atoms with van der Waals surface area (Å²) < 4.78 is 1.68. The van der Waals surface area contributed by atoms with Crippen LogP contribution in [0.4, 0.5) is 5.82 Å². The van der Waals surface area contributed by atoms with Gasteiger partial charge in [0.1, 0.15) is 12.4 Å². The maximum atomic E-state index is 12.6. The number of carbonyl (C=O) groups is 2. The molecule has 1 aliphatic heterocycles. The van der Waals surface area contributed by atoms with E-state index in [-0.39, 0.29) is 24.3 Å². The SMILES string of the molecule is O=C(Cn1nc2c(c1NC(=O)C1CCCC1)CSC2)NCCc1ccccc1. The summed E-state index contributed by atoms with van der Waals surface area (Å²) in [6.07, 6.45) is 4.95. The first-order valence-corrected chi connectivity index (χ1v) is 11.1. The van der Waals surface area contributed by atoms with Crippen LogP contribution in [-0.2, 0) is 34.1 Å². The van der Waals surface area contributed by atoms with Crippen LogP contribution < -0.4 is 10.6 Å². The highest BCUT2D eigenvalue weighted by Gasteiger charge is 2.28. The lowest BCUT2D eigenvalue weighted by atomic mass is 10.1. The Morgan fingerprint density at radius 3 is 2.71 bits per heavy atom. The first-order chi connectivity index (χ1) is 13.7. The molecule has 7 heteroatoms. The van der Waals surface area contributed by atoms with Crippen molar-refractivity contribution in [3.05, 3.63) is 47.2 Å². The Labute approximate surface area is 169 Å². The van der Waals surface area contributed by atoms with Crippen molar-refractivity contribution in [2.24, 2.45) is 5.92 Å². The van der Waals surface area contributed by atoms with Gasteiger partial charge >= 0.3 is 0 Å². The summed E-state index contributed by atoms with van der Waals surface area (Å²) in [5, 5.41) is 10.6. The van der Waals surface area contributed by atoms with E-state index < -0.39 is 0 Å². The van der Waals surface area contributed by atoms with E-state index in [2.05, 4.69) is 27.9 Å². The molecule has 2 aliphatic rings. The normalized spacial score (nSPS) is 16.1. The lowest BCUT2D eigenvalue weighted by Crippen LogP contribution is -2.31. The summed E-state index contributed by atoms with van der Waals surface area (Å²) in [5.74, 6) is 2.47. The van der Waals surface area contributed by atoms with E-state index in [0.717, 1.165) is 60.7 Å². The molecule has 6 nitrogen and oxygen atoms in total. The third kappa shape index (κ3) is 4.41. The fraction of sp³-hybridized carbons (Fsp3) is 0.476. The molecule has 2 heterocycles. The van der Waals surface area contributed by atoms with Crippen molar-refractivity contribution < 1.29 is 9.59 Å². The molecule has 1 fully saturated rings. The molecule has 1 aromatic heterocycles. The van der Waals surface area contributed by atoms with Crippen molar-refractivity contribution >= 4 is 29.4 Å². The summed E-state index contributed by atoms with van der Waals surface area (Å²) in [5.41, 5.74) is 3.26. The van der Waals surface area contributed by atoms with Gasteiger partial charge in [0.05, 0.1) is 5.69 Å². The topological polar surface area (TPSA) is 76.0 Å². The second-order valence-corrected chi connectivity index (χ2v) is 8.47. The number of hydrogen-bond donors (Lipinski definition) is 2. The van der Waals surface area contributed by atoms with Gasteiger partial charge in [-0.1, -0.05) is 43.2 Å². The van der Waals surface area contributed by atoms with Crippen molar-refractivity contribution in [3.8, 4) is 0 Å². The second kappa shape index (κ2) is 8.82. The van der Waals surface area contributed by atoms with Crippen LogP contribution in [0.5, 0.6) is 0 Å². The number of thioether (sulfide) groups is 1. The highest BCUT2D eigenvalue weighted by atomic mass is 32.2. The van der Waals surface area contributed by atoms with Crippen molar-refractivity contribution in [3.63, 3.8) is 0 Å². The number of nitrogens with one attached hydrogen (secondary N) is 2. The highest BCUT2D eigenvalue weighted by molar-refractivity contribution is 7.98. The number of anilines is 1. The number of carbonyl (C=O) groups excluding carboxylic acids is 2.